The number of rotatable bonds is 3. The summed E-state index contributed by atoms with van der Waals surface area (Å²) >= 11 is 5.54. The smallest absolute Gasteiger partial charge is 0.267 e. The van der Waals surface area contributed by atoms with Crippen LogP contribution in [0.2, 0.25) is 5.15 Å². The van der Waals surface area contributed by atoms with E-state index < -0.39 is 6.43 Å². The zero-order valence-corrected chi connectivity index (χ0v) is 9.84. The van der Waals surface area contributed by atoms with Crippen LogP contribution in [0.3, 0.4) is 0 Å². The topological polar surface area (TPSA) is 49.8 Å². The molecule has 0 bridgehead atoms. The molecule has 4 nitrogen and oxygen atoms in total. The van der Waals surface area contributed by atoms with Crippen LogP contribution in [0.15, 0.2) is 6.07 Å². The molecule has 1 aromatic heterocycles. The lowest BCUT2D eigenvalue weighted by atomic mass is 10.1. The normalized spacial score (nSPS) is 20.6. The Labute approximate surface area is 103 Å². The van der Waals surface area contributed by atoms with Crippen LogP contribution in [0.4, 0.5) is 14.6 Å². The second-order valence-electron chi connectivity index (χ2n) is 3.96. The second kappa shape index (κ2) is 5.55. The SMILES string of the molecule is FC(F)c1cc(NC2CCCNC2)nnc1Cl. The molecule has 2 N–H and O–H groups in total. The molecule has 2 rings (SSSR count). The van der Waals surface area contributed by atoms with Crippen molar-refractivity contribution in [2.24, 2.45) is 0 Å². The Bertz CT molecular complexity index is 383. The molecule has 1 fully saturated rings. The highest BCUT2D eigenvalue weighted by Gasteiger charge is 2.17. The van der Waals surface area contributed by atoms with Crippen molar-refractivity contribution in [2.45, 2.75) is 25.3 Å². The summed E-state index contributed by atoms with van der Waals surface area (Å²) in [5, 5.41) is 13.3. The second-order valence-corrected chi connectivity index (χ2v) is 4.32. The van der Waals surface area contributed by atoms with E-state index in [1.54, 1.807) is 0 Å². The van der Waals surface area contributed by atoms with Crippen LogP contribution < -0.4 is 10.6 Å². The first kappa shape index (κ1) is 12.4. The molecule has 17 heavy (non-hydrogen) atoms. The average Bonchev–Trinajstić information content (AvgIpc) is 2.32. The predicted molar refractivity (Wildman–Crippen MR) is 61.5 cm³/mol. The van der Waals surface area contributed by atoms with E-state index in [1.807, 2.05) is 0 Å². The number of hydrogen-bond acceptors (Lipinski definition) is 4. The Kier molecular flexibility index (Phi) is 4.06. The van der Waals surface area contributed by atoms with Crippen LogP contribution in [0.25, 0.3) is 0 Å². The van der Waals surface area contributed by atoms with E-state index in [0.717, 1.165) is 25.9 Å². The van der Waals surface area contributed by atoms with Crippen molar-refractivity contribution in [2.75, 3.05) is 18.4 Å². The highest BCUT2D eigenvalue weighted by molar-refractivity contribution is 6.30. The molecule has 0 radical (unpaired) electrons. The monoisotopic (exact) mass is 262 g/mol. The van der Waals surface area contributed by atoms with Gasteiger partial charge in [-0.15, -0.1) is 10.2 Å². The molecule has 0 amide bonds. The maximum absolute atomic E-state index is 12.6. The molecule has 1 aromatic rings. The van der Waals surface area contributed by atoms with Crippen LogP contribution >= 0.6 is 11.6 Å². The zero-order chi connectivity index (χ0) is 12.3. The van der Waals surface area contributed by atoms with Gasteiger partial charge in [-0.25, -0.2) is 8.78 Å². The molecule has 1 unspecified atom stereocenters. The summed E-state index contributed by atoms with van der Waals surface area (Å²) in [7, 11) is 0. The van der Waals surface area contributed by atoms with Crippen LogP contribution in [0.1, 0.15) is 24.8 Å². The van der Waals surface area contributed by atoms with Gasteiger partial charge in [-0.2, -0.15) is 0 Å². The first-order valence-corrected chi connectivity index (χ1v) is 5.83. The van der Waals surface area contributed by atoms with Crippen molar-refractivity contribution >= 4 is 17.4 Å². The van der Waals surface area contributed by atoms with Gasteiger partial charge in [0, 0.05) is 12.6 Å². The molecule has 1 atom stereocenters. The van der Waals surface area contributed by atoms with Gasteiger partial charge in [0.15, 0.2) is 5.15 Å². The zero-order valence-electron chi connectivity index (χ0n) is 9.09. The Morgan fingerprint density at radius 3 is 2.94 bits per heavy atom. The highest BCUT2D eigenvalue weighted by Crippen LogP contribution is 2.26. The third-order valence-corrected chi connectivity index (χ3v) is 2.95. The fourth-order valence-electron chi connectivity index (χ4n) is 1.80. The molecule has 94 valence electrons. The van der Waals surface area contributed by atoms with Crippen LogP contribution in [0, 0.1) is 0 Å². The van der Waals surface area contributed by atoms with Crippen molar-refractivity contribution in [1.82, 2.24) is 15.5 Å². The molecule has 0 aliphatic carbocycles. The standard InChI is InChI=1S/C10H13ClF2N4/c11-9-7(10(12)13)4-8(16-17-9)15-6-2-1-3-14-5-6/h4,6,10,14H,1-3,5H2,(H,15,16). The lowest BCUT2D eigenvalue weighted by molar-refractivity contribution is 0.151. The van der Waals surface area contributed by atoms with Gasteiger partial charge in [0.25, 0.3) is 6.43 Å². The fraction of sp³-hybridized carbons (Fsp3) is 0.600. The van der Waals surface area contributed by atoms with Gasteiger partial charge < -0.3 is 10.6 Å². The Morgan fingerprint density at radius 2 is 2.29 bits per heavy atom. The number of piperidine rings is 1. The van der Waals surface area contributed by atoms with Gasteiger partial charge >= 0.3 is 0 Å². The summed E-state index contributed by atoms with van der Waals surface area (Å²) in [6, 6.07) is 1.46. The largest absolute Gasteiger partial charge is 0.365 e. The summed E-state index contributed by atoms with van der Waals surface area (Å²) in [4.78, 5) is 0. The van der Waals surface area contributed by atoms with E-state index in [9.17, 15) is 8.78 Å². The average molecular weight is 263 g/mol. The van der Waals surface area contributed by atoms with Gasteiger partial charge in [0.1, 0.15) is 5.82 Å². The van der Waals surface area contributed by atoms with E-state index >= 15 is 0 Å². The summed E-state index contributed by atoms with van der Waals surface area (Å²) in [6.45, 7) is 1.79. The highest BCUT2D eigenvalue weighted by atomic mass is 35.5. The summed E-state index contributed by atoms with van der Waals surface area (Å²) in [5.74, 6) is 0.346. The number of nitrogens with one attached hydrogen (secondary N) is 2. The Balaban J connectivity index is 2.07. The maximum atomic E-state index is 12.6. The summed E-state index contributed by atoms with van der Waals surface area (Å²) in [6.07, 6.45) is -0.593. The Hall–Kier alpha value is -1.01. The van der Waals surface area contributed by atoms with Crippen molar-refractivity contribution in [3.05, 3.63) is 16.8 Å². The van der Waals surface area contributed by atoms with Gasteiger partial charge in [-0.05, 0) is 25.5 Å². The maximum Gasteiger partial charge on any atom is 0.267 e. The molecular weight excluding hydrogens is 250 g/mol. The molecule has 1 saturated heterocycles. The number of nitrogens with zero attached hydrogens (tertiary/aromatic N) is 2. The lowest BCUT2D eigenvalue weighted by Crippen LogP contribution is -2.38. The molecule has 0 aromatic carbocycles. The number of hydrogen-bond donors (Lipinski definition) is 2. The van der Waals surface area contributed by atoms with Gasteiger partial charge in [-0.3, -0.25) is 0 Å². The molecule has 0 saturated carbocycles. The van der Waals surface area contributed by atoms with Crippen LogP contribution in [-0.4, -0.2) is 29.3 Å². The van der Waals surface area contributed by atoms with Gasteiger partial charge in [-0.1, -0.05) is 11.6 Å². The number of halogens is 3. The molecule has 1 aliphatic rings. The minimum absolute atomic E-state index is 0.199. The molecule has 1 aliphatic heterocycles. The quantitative estimate of drug-likeness (QED) is 0.877. The van der Waals surface area contributed by atoms with E-state index in [1.165, 1.54) is 6.07 Å². The first-order chi connectivity index (χ1) is 8.16. The van der Waals surface area contributed by atoms with E-state index in [0.29, 0.717) is 5.82 Å². The number of anilines is 1. The first-order valence-electron chi connectivity index (χ1n) is 5.45. The van der Waals surface area contributed by atoms with Crippen molar-refractivity contribution in [3.63, 3.8) is 0 Å². The van der Waals surface area contributed by atoms with Gasteiger partial charge in [0.2, 0.25) is 0 Å². The van der Waals surface area contributed by atoms with Crippen molar-refractivity contribution in [3.8, 4) is 0 Å². The fourth-order valence-corrected chi connectivity index (χ4v) is 1.97. The third kappa shape index (κ3) is 3.23. The molecular formula is C10H13ClF2N4. The number of alkyl halides is 2. The van der Waals surface area contributed by atoms with E-state index in [4.69, 9.17) is 11.6 Å². The lowest BCUT2D eigenvalue weighted by Gasteiger charge is -2.24. The minimum Gasteiger partial charge on any atom is -0.365 e. The molecule has 7 heteroatoms. The minimum atomic E-state index is -2.64. The molecule has 0 spiro atoms. The van der Waals surface area contributed by atoms with E-state index in [-0.39, 0.29) is 16.8 Å². The van der Waals surface area contributed by atoms with Crippen molar-refractivity contribution < 1.29 is 8.78 Å². The Morgan fingerprint density at radius 1 is 1.47 bits per heavy atom. The van der Waals surface area contributed by atoms with Crippen LogP contribution in [0.5, 0.6) is 0 Å². The van der Waals surface area contributed by atoms with E-state index in [2.05, 4.69) is 20.8 Å². The summed E-state index contributed by atoms with van der Waals surface area (Å²) < 4.78 is 25.2. The number of aromatic nitrogens is 2. The van der Waals surface area contributed by atoms with Crippen molar-refractivity contribution in [1.29, 1.82) is 0 Å². The molecule has 2 heterocycles. The van der Waals surface area contributed by atoms with Crippen LogP contribution in [-0.2, 0) is 0 Å². The predicted octanol–water partition coefficient (Wildman–Crippen LogP) is 2.23. The summed E-state index contributed by atoms with van der Waals surface area (Å²) in [5.41, 5.74) is -0.284. The third-order valence-electron chi connectivity index (χ3n) is 2.66. The van der Waals surface area contributed by atoms with Gasteiger partial charge in [0.05, 0.1) is 5.56 Å².